The maximum atomic E-state index is 13.9. The molecular weight excluding hydrogens is 433 g/mol. The fourth-order valence-electron chi connectivity index (χ4n) is 3.26. The summed E-state index contributed by atoms with van der Waals surface area (Å²) >= 11 is 0. The number of pyridine rings is 1. The maximum Gasteiger partial charge on any atom is 0.296 e. The first-order valence-electron chi connectivity index (χ1n) is 9.46. The van der Waals surface area contributed by atoms with Gasteiger partial charge in [0.15, 0.2) is 9.84 Å². The quantitative estimate of drug-likeness (QED) is 0.495. The van der Waals surface area contributed by atoms with E-state index < -0.39 is 21.6 Å². The molecule has 0 aliphatic heterocycles. The van der Waals surface area contributed by atoms with Gasteiger partial charge in [-0.15, -0.1) is 0 Å². The molecule has 4 rings (SSSR count). The molecule has 0 bridgehead atoms. The van der Waals surface area contributed by atoms with Gasteiger partial charge in [0.05, 0.1) is 22.6 Å². The van der Waals surface area contributed by atoms with E-state index >= 15 is 0 Å². The molecule has 0 saturated carbocycles. The zero-order valence-electron chi connectivity index (χ0n) is 16.9. The largest absolute Gasteiger partial charge is 0.384 e. The molecule has 0 aliphatic carbocycles. The average Bonchev–Trinajstić information content (AvgIpc) is 2.77. The van der Waals surface area contributed by atoms with Crippen LogP contribution in [-0.4, -0.2) is 35.5 Å². The monoisotopic (exact) mass is 451 g/mol. The number of nitrogens with zero attached hydrogens (tertiary/aromatic N) is 4. The van der Waals surface area contributed by atoms with Gasteiger partial charge >= 0.3 is 0 Å². The summed E-state index contributed by atoms with van der Waals surface area (Å²) in [5.74, 6) is -1.15. The van der Waals surface area contributed by atoms with Crippen molar-refractivity contribution < 1.29 is 17.6 Å². The molecule has 2 N–H and O–H groups in total. The van der Waals surface area contributed by atoms with Gasteiger partial charge in [0, 0.05) is 24.0 Å². The predicted molar refractivity (Wildman–Crippen MR) is 118 cm³/mol. The van der Waals surface area contributed by atoms with Crippen LogP contribution in [0.15, 0.2) is 71.9 Å². The third-order valence-electron chi connectivity index (χ3n) is 4.73. The lowest BCUT2D eigenvalue weighted by atomic mass is 10.1. The predicted octanol–water partition coefficient (Wildman–Crippen LogP) is 3.00. The number of fused-ring (bicyclic) bond motifs is 1. The zero-order valence-corrected chi connectivity index (χ0v) is 17.8. The van der Waals surface area contributed by atoms with Crippen molar-refractivity contribution in [3.8, 4) is 0 Å². The molecule has 0 aliphatic rings. The van der Waals surface area contributed by atoms with Crippen molar-refractivity contribution in [2.75, 3.05) is 16.9 Å². The van der Waals surface area contributed by atoms with Crippen molar-refractivity contribution in [1.29, 1.82) is 0 Å². The van der Waals surface area contributed by atoms with Crippen molar-refractivity contribution in [3.63, 3.8) is 0 Å². The number of nitrogens with two attached hydrogens (primary N) is 1. The van der Waals surface area contributed by atoms with Crippen LogP contribution in [0.25, 0.3) is 10.9 Å². The summed E-state index contributed by atoms with van der Waals surface area (Å²) in [5, 5.41) is 0.853. The Bertz CT molecular complexity index is 1430. The van der Waals surface area contributed by atoms with Crippen molar-refractivity contribution in [2.45, 2.75) is 11.4 Å². The number of carbonyl (C=O) groups is 1. The Balaban J connectivity index is 1.85. The van der Waals surface area contributed by atoms with Gasteiger partial charge in [-0.3, -0.25) is 9.69 Å². The second-order valence-electron chi connectivity index (χ2n) is 7.11. The van der Waals surface area contributed by atoms with Crippen molar-refractivity contribution in [2.24, 2.45) is 0 Å². The standard InChI is InChI=1S/C22H18FN5O3S/c1-32(30,31)19-12-16(23)6-7-18(19)28(22(29)21-25-9-2-10-26-21)13-14-3-4-15-5-8-20(24)27-17(15)11-14/h2-12H,13H2,1H3,(H2,24,27). The average molecular weight is 451 g/mol. The SMILES string of the molecule is CS(=O)(=O)c1cc(F)ccc1N(Cc1ccc2ccc(N)nc2c1)C(=O)c1ncccn1. The van der Waals surface area contributed by atoms with Crippen molar-refractivity contribution in [3.05, 3.63) is 84.2 Å². The summed E-state index contributed by atoms with van der Waals surface area (Å²) in [4.78, 5) is 26.5. The molecule has 0 saturated heterocycles. The maximum absolute atomic E-state index is 13.9. The second kappa shape index (κ2) is 8.31. The van der Waals surface area contributed by atoms with Gasteiger partial charge in [0.25, 0.3) is 5.91 Å². The van der Waals surface area contributed by atoms with Crippen LogP contribution in [0.4, 0.5) is 15.9 Å². The molecule has 0 spiro atoms. The lowest BCUT2D eigenvalue weighted by molar-refractivity contribution is 0.0974. The Kier molecular flexibility index (Phi) is 5.54. The Hall–Kier alpha value is -3.92. The lowest BCUT2D eigenvalue weighted by Gasteiger charge is -2.24. The van der Waals surface area contributed by atoms with Gasteiger partial charge < -0.3 is 5.73 Å². The normalized spacial score (nSPS) is 11.4. The molecule has 0 unspecified atom stereocenters. The number of rotatable bonds is 5. The van der Waals surface area contributed by atoms with Gasteiger partial charge in [-0.2, -0.15) is 0 Å². The molecule has 0 atom stereocenters. The lowest BCUT2D eigenvalue weighted by Crippen LogP contribution is -2.33. The van der Waals surface area contributed by atoms with Gasteiger partial charge in [-0.25, -0.2) is 27.8 Å². The molecule has 2 heterocycles. The number of hydrogen-bond acceptors (Lipinski definition) is 7. The highest BCUT2D eigenvalue weighted by Gasteiger charge is 2.26. The first-order chi connectivity index (χ1) is 15.2. The van der Waals surface area contributed by atoms with Crippen LogP contribution < -0.4 is 10.6 Å². The molecule has 10 heteroatoms. The highest BCUT2D eigenvalue weighted by Crippen LogP contribution is 2.29. The minimum atomic E-state index is -3.85. The number of carbonyl (C=O) groups excluding carboxylic acids is 1. The van der Waals surface area contributed by atoms with Crippen LogP contribution in [0.5, 0.6) is 0 Å². The number of hydrogen-bond donors (Lipinski definition) is 1. The van der Waals surface area contributed by atoms with Crippen molar-refractivity contribution >= 4 is 38.2 Å². The number of sulfone groups is 1. The number of nitrogen functional groups attached to an aromatic ring is 1. The van der Waals surface area contributed by atoms with Crippen LogP contribution >= 0.6 is 0 Å². The molecule has 0 radical (unpaired) electrons. The molecule has 2 aromatic heterocycles. The summed E-state index contributed by atoms with van der Waals surface area (Å²) in [6.45, 7) is -0.0301. The summed E-state index contributed by atoms with van der Waals surface area (Å²) < 4.78 is 38.6. The number of benzene rings is 2. The topological polar surface area (TPSA) is 119 Å². The van der Waals surface area contributed by atoms with Crippen LogP contribution in [0, 0.1) is 5.82 Å². The molecule has 162 valence electrons. The van der Waals surface area contributed by atoms with E-state index in [1.165, 1.54) is 23.4 Å². The molecule has 4 aromatic rings. The van der Waals surface area contributed by atoms with E-state index in [2.05, 4.69) is 15.0 Å². The molecule has 1 amide bonds. The van der Waals surface area contributed by atoms with Crippen LogP contribution in [0.2, 0.25) is 0 Å². The summed E-state index contributed by atoms with van der Waals surface area (Å²) in [7, 11) is -3.85. The molecule has 32 heavy (non-hydrogen) atoms. The van der Waals surface area contributed by atoms with E-state index in [0.717, 1.165) is 23.8 Å². The van der Waals surface area contributed by atoms with Gasteiger partial charge in [0.1, 0.15) is 11.6 Å². The highest BCUT2D eigenvalue weighted by atomic mass is 32.2. The Labute approximate surface area is 183 Å². The van der Waals surface area contributed by atoms with Gasteiger partial charge in [0.2, 0.25) is 5.82 Å². The van der Waals surface area contributed by atoms with E-state index in [9.17, 15) is 17.6 Å². The number of amides is 1. The van der Waals surface area contributed by atoms with Crippen LogP contribution in [0.3, 0.4) is 0 Å². The van der Waals surface area contributed by atoms with Gasteiger partial charge in [-0.05, 0) is 48.0 Å². The minimum Gasteiger partial charge on any atom is -0.384 e. The fourth-order valence-corrected chi connectivity index (χ4v) is 4.15. The zero-order chi connectivity index (χ0) is 22.9. The Morgan fingerprint density at radius 3 is 2.50 bits per heavy atom. The number of aromatic nitrogens is 3. The highest BCUT2D eigenvalue weighted by molar-refractivity contribution is 7.90. The van der Waals surface area contributed by atoms with E-state index in [0.29, 0.717) is 16.9 Å². The molecule has 0 fully saturated rings. The number of anilines is 2. The van der Waals surface area contributed by atoms with E-state index in [-0.39, 0.29) is 23.0 Å². The smallest absolute Gasteiger partial charge is 0.296 e. The number of halogens is 1. The summed E-state index contributed by atoms with van der Waals surface area (Å²) in [5.41, 5.74) is 7.07. The summed E-state index contributed by atoms with van der Waals surface area (Å²) in [6, 6.07) is 13.7. The van der Waals surface area contributed by atoms with E-state index in [1.807, 2.05) is 12.1 Å². The Morgan fingerprint density at radius 2 is 1.78 bits per heavy atom. The summed E-state index contributed by atoms with van der Waals surface area (Å²) in [6.07, 6.45) is 3.77. The van der Waals surface area contributed by atoms with Crippen molar-refractivity contribution in [1.82, 2.24) is 15.0 Å². The van der Waals surface area contributed by atoms with Gasteiger partial charge in [-0.1, -0.05) is 12.1 Å². The third kappa shape index (κ3) is 4.40. The first-order valence-corrected chi connectivity index (χ1v) is 11.4. The Morgan fingerprint density at radius 1 is 1.06 bits per heavy atom. The van der Waals surface area contributed by atoms with Crippen LogP contribution in [-0.2, 0) is 16.4 Å². The molecular formula is C22H18FN5O3S. The third-order valence-corrected chi connectivity index (χ3v) is 5.86. The first kappa shape index (κ1) is 21.3. The second-order valence-corrected chi connectivity index (χ2v) is 9.10. The van der Waals surface area contributed by atoms with Crippen LogP contribution in [0.1, 0.15) is 16.2 Å². The molecule has 8 nitrogen and oxygen atoms in total. The van der Waals surface area contributed by atoms with E-state index in [1.54, 1.807) is 24.3 Å². The minimum absolute atomic E-state index is 0.0204. The molecule has 2 aromatic carbocycles. The van der Waals surface area contributed by atoms with E-state index in [4.69, 9.17) is 5.73 Å². The fraction of sp³-hybridized carbons (Fsp3) is 0.0909.